The van der Waals surface area contributed by atoms with Gasteiger partial charge in [-0.1, -0.05) is 70.2 Å². The van der Waals surface area contributed by atoms with Crippen molar-refractivity contribution in [2.45, 2.75) is 39.5 Å². The van der Waals surface area contributed by atoms with E-state index in [-0.39, 0.29) is 0 Å². The van der Waals surface area contributed by atoms with Crippen LogP contribution in [0.3, 0.4) is 0 Å². The predicted molar refractivity (Wildman–Crippen MR) is 140 cm³/mol. The molecule has 3 aromatic carbocycles. The van der Waals surface area contributed by atoms with Crippen LogP contribution in [-0.2, 0) is 7.05 Å². The van der Waals surface area contributed by atoms with E-state index in [2.05, 4.69) is 117 Å². The van der Waals surface area contributed by atoms with E-state index in [9.17, 15) is 0 Å². The molecule has 3 nitrogen and oxygen atoms in total. The van der Waals surface area contributed by atoms with Crippen LogP contribution in [-0.4, -0.2) is 14.0 Å². The minimum Gasteiger partial charge on any atom is -0.350 e. The summed E-state index contributed by atoms with van der Waals surface area (Å²) in [6.07, 6.45) is 4.39. The molecule has 6 aromatic rings. The molecule has 0 aliphatic heterocycles. The Bertz CT molecular complexity index is 1650. The van der Waals surface area contributed by atoms with Crippen LogP contribution in [0.25, 0.3) is 49.5 Å². The van der Waals surface area contributed by atoms with E-state index in [4.69, 9.17) is 4.98 Å². The quantitative estimate of drug-likeness (QED) is 0.260. The predicted octanol–water partition coefficient (Wildman–Crippen LogP) is 8.05. The number of rotatable bonds is 3. The molecule has 0 spiro atoms. The molecule has 0 saturated carbocycles. The summed E-state index contributed by atoms with van der Waals surface area (Å²) in [6, 6.07) is 22.2. The molecule has 0 atom stereocenters. The highest BCUT2D eigenvalue weighted by Crippen LogP contribution is 2.38. The van der Waals surface area contributed by atoms with Crippen LogP contribution < -0.4 is 0 Å². The van der Waals surface area contributed by atoms with Gasteiger partial charge in [0.15, 0.2) is 0 Å². The Balaban J connectivity index is 1.79. The normalized spacial score (nSPS) is 12.3. The maximum atomic E-state index is 5.29. The van der Waals surface area contributed by atoms with Crippen molar-refractivity contribution >= 4 is 38.2 Å². The second-order valence-corrected chi connectivity index (χ2v) is 9.84. The molecule has 33 heavy (non-hydrogen) atoms. The number of fused-ring (bicyclic) bond motifs is 7. The summed E-state index contributed by atoms with van der Waals surface area (Å²) >= 11 is 0. The lowest BCUT2D eigenvalue weighted by Gasteiger charge is -2.18. The second-order valence-electron chi connectivity index (χ2n) is 9.84. The van der Waals surface area contributed by atoms with Gasteiger partial charge in [-0.25, -0.2) is 4.98 Å². The second kappa shape index (κ2) is 7.21. The average Bonchev–Trinajstić information content (AvgIpc) is 3.42. The first kappa shape index (κ1) is 20.0. The third-order valence-electron chi connectivity index (χ3n) is 7.06. The summed E-state index contributed by atoms with van der Waals surface area (Å²) in [7, 11) is 2.11. The molecule has 0 unspecified atom stereocenters. The van der Waals surface area contributed by atoms with Crippen molar-refractivity contribution in [1.29, 1.82) is 0 Å². The Hall–Kier alpha value is -3.59. The first-order chi connectivity index (χ1) is 15.9. The lowest BCUT2D eigenvalue weighted by Crippen LogP contribution is -1.99. The highest BCUT2D eigenvalue weighted by Gasteiger charge is 2.20. The zero-order chi connectivity index (χ0) is 22.9. The summed E-state index contributed by atoms with van der Waals surface area (Å²) in [5.74, 6) is 0.861. The fourth-order valence-electron chi connectivity index (χ4n) is 5.35. The van der Waals surface area contributed by atoms with Gasteiger partial charge in [0, 0.05) is 46.7 Å². The average molecular weight is 432 g/mol. The standard InChI is InChI=1S/C30H29N3/c1-18(2)21-11-8-12-22(19(3)4)29(21)26-17-33-28-16-27-20(13-14-32(27)5)15-25(28)23-9-6-7-10-24(23)30(33)31-26/h6-19H,1-5H3. The minimum absolute atomic E-state index is 0.431. The summed E-state index contributed by atoms with van der Waals surface area (Å²) in [5, 5.41) is 4.98. The third kappa shape index (κ3) is 2.92. The third-order valence-corrected chi connectivity index (χ3v) is 7.06. The van der Waals surface area contributed by atoms with Crippen LogP contribution in [0.1, 0.15) is 50.7 Å². The van der Waals surface area contributed by atoms with E-state index >= 15 is 0 Å². The topological polar surface area (TPSA) is 22.2 Å². The molecule has 3 aromatic heterocycles. The van der Waals surface area contributed by atoms with Crippen LogP contribution in [0.5, 0.6) is 0 Å². The van der Waals surface area contributed by atoms with Gasteiger partial charge in [-0.2, -0.15) is 0 Å². The first-order valence-corrected chi connectivity index (χ1v) is 11.9. The monoisotopic (exact) mass is 431 g/mol. The van der Waals surface area contributed by atoms with E-state index in [0.717, 1.165) is 11.3 Å². The van der Waals surface area contributed by atoms with Gasteiger partial charge in [0.05, 0.1) is 11.2 Å². The molecule has 0 aliphatic rings. The summed E-state index contributed by atoms with van der Waals surface area (Å²) in [4.78, 5) is 5.29. The van der Waals surface area contributed by atoms with Gasteiger partial charge in [0.1, 0.15) is 5.65 Å². The van der Waals surface area contributed by atoms with Gasteiger partial charge < -0.3 is 4.57 Å². The van der Waals surface area contributed by atoms with Crippen molar-refractivity contribution in [3.05, 3.63) is 84.2 Å². The fraction of sp³-hybridized carbons (Fsp3) is 0.233. The SMILES string of the molecule is CC(C)c1cccc(C(C)C)c1-c1cn2c3cc4c(ccn4C)cc3c3ccccc3c2n1. The van der Waals surface area contributed by atoms with Crippen molar-refractivity contribution in [3.8, 4) is 11.3 Å². The van der Waals surface area contributed by atoms with Gasteiger partial charge in [-0.05, 0) is 46.5 Å². The summed E-state index contributed by atoms with van der Waals surface area (Å²) in [5.41, 5.74) is 8.54. The number of benzene rings is 3. The number of hydrogen-bond acceptors (Lipinski definition) is 1. The maximum absolute atomic E-state index is 5.29. The molecule has 3 heteroatoms. The lowest BCUT2D eigenvalue weighted by atomic mass is 9.87. The van der Waals surface area contributed by atoms with E-state index in [1.54, 1.807) is 0 Å². The van der Waals surface area contributed by atoms with Crippen LogP contribution in [0.2, 0.25) is 0 Å². The minimum atomic E-state index is 0.431. The number of nitrogens with zero attached hydrogens (tertiary/aromatic N) is 3. The van der Waals surface area contributed by atoms with E-state index < -0.39 is 0 Å². The zero-order valence-corrected chi connectivity index (χ0v) is 19.9. The molecule has 0 saturated heterocycles. The largest absolute Gasteiger partial charge is 0.350 e. The van der Waals surface area contributed by atoms with Crippen LogP contribution in [0, 0.1) is 0 Å². The molecule has 0 fully saturated rings. The number of hydrogen-bond donors (Lipinski definition) is 0. The number of pyridine rings is 1. The number of imidazole rings is 1. The molecule has 164 valence electrons. The van der Waals surface area contributed by atoms with E-state index in [1.165, 1.54) is 49.3 Å². The van der Waals surface area contributed by atoms with Crippen molar-refractivity contribution in [2.24, 2.45) is 7.05 Å². The van der Waals surface area contributed by atoms with Crippen LogP contribution in [0.15, 0.2) is 73.1 Å². The summed E-state index contributed by atoms with van der Waals surface area (Å²) in [6.45, 7) is 9.09. The van der Waals surface area contributed by atoms with Crippen LogP contribution in [0.4, 0.5) is 0 Å². The van der Waals surface area contributed by atoms with E-state index in [0.29, 0.717) is 11.8 Å². The van der Waals surface area contributed by atoms with Gasteiger partial charge in [-0.3, -0.25) is 4.40 Å². The Kier molecular flexibility index (Phi) is 4.38. The molecule has 6 rings (SSSR count). The zero-order valence-electron chi connectivity index (χ0n) is 19.9. The molecule has 0 N–H and O–H groups in total. The lowest BCUT2D eigenvalue weighted by molar-refractivity contribution is 0.837. The summed E-state index contributed by atoms with van der Waals surface area (Å²) < 4.78 is 4.50. The molecular formula is C30H29N3. The van der Waals surface area contributed by atoms with Crippen molar-refractivity contribution in [3.63, 3.8) is 0 Å². The number of aryl methyl sites for hydroxylation is 1. The maximum Gasteiger partial charge on any atom is 0.145 e. The smallest absolute Gasteiger partial charge is 0.145 e. The molecule has 0 amide bonds. The fourth-order valence-corrected chi connectivity index (χ4v) is 5.35. The molecule has 3 heterocycles. The molecule has 0 bridgehead atoms. The van der Waals surface area contributed by atoms with Crippen molar-refractivity contribution < 1.29 is 0 Å². The van der Waals surface area contributed by atoms with Crippen molar-refractivity contribution in [2.75, 3.05) is 0 Å². The molecular weight excluding hydrogens is 402 g/mol. The number of aromatic nitrogens is 3. The van der Waals surface area contributed by atoms with Gasteiger partial charge in [-0.15, -0.1) is 0 Å². The Morgan fingerprint density at radius 2 is 1.42 bits per heavy atom. The molecule has 0 aliphatic carbocycles. The van der Waals surface area contributed by atoms with E-state index in [1.807, 2.05) is 0 Å². The Morgan fingerprint density at radius 3 is 2.12 bits per heavy atom. The highest BCUT2D eigenvalue weighted by molar-refractivity contribution is 6.15. The van der Waals surface area contributed by atoms with Gasteiger partial charge >= 0.3 is 0 Å². The van der Waals surface area contributed by atoms with Crippen LogP contribution >= 0.6 is 0 Å². The Morgan fingerprint density at radius 1 is 0.727 bits per heavy atom. The Labute approximate surface area is 194 Å². The van der Waals surface area contributed by atoms with Crippen molar-refractivity contribution in [1.82, 2.24) is 14.0 Å². The first-order valence-electron chi connectivity index (χ1n) is 11.9. The molecule has 0 radical (unpaired) electrons. The highest BCUT2D eigenvalue weighted by atomic mass is 15.0. The van der Waals surface area contributed by atoms with Gasteiger partial charge in [0.25, 0.3) is 0 Å². The van der Waals surface area contributed by atoms with Gasteiger partial charge in [0.2, 0.25) is 0 Å².